The third-order valence-corrected chi connectivity index (χ3v) is 2.20. The Morgan fingerprint density at radius 2 is 1.92 bits per heavy atom. The predicted molar refractivity (Wildman–Crippen MR) is 54.7 cm³/mol. The lowest BCUT2D eigenvalue weighted by Crippen LogP contribution is -2.44. The average molecular weight is 251 g/mol. The molecule has 0 bridgehead atoms. The molecule has 0 saturated carbocycles. The molecule has 13 heavy (non-hydrogen) atoms. The Labute approximate surface area is 86.6 Å². The maximum absolute atomic E-state index is 11.3. The summed E-state index contributed by atoms with van der Waals surface area (Å²) in [4.78, 5) is 22.1. The molecule has 76 valence electrons. The summed E-state index contributed by atoms with van der Waals surface area (Å²) < 4.78 is 0. The van der Waals surface area contributed by atoms with E-state index in [0.717, 1.165) is 0 Å². The maximum Gasteiger partial charge on any atom is 0.230 e. The third kappa shape index (κ3) is 4.26. The van der Waals surface area contributed by atoms with Gasteiger partial charge in [-0.1, -0.05) is 15.9 Å². The van der Waals surface area contributed by atoms with Crippen LogP contribution in [0.3, 0.4) is 0 Å². The van der Waals surface area contributed by atoms with Crippen LogP contribution >= 0.6 is 15.9 Å². The molecule has 0 aliphatic carbocycles. The predicted octanol–water partition coefficient (Wildman–Crippen LogP) is 0.270. The molecule has 5 heteroatoms. The van der Waals surface area contributed by atoms with Crippen LogP contribution in [0.4, 0.5) is 0 Å². The smallest absolute Gasteiger partial charge is 0.230 e. The number of carbonyl (C=O) groups excluding carboxylic acids is 2. The molecule has 4 nitrogen and oxygen atoms in total. The van der Waals surface area contributed by atoms with E-state index in [1.807, 2.05) is 0 Å². The summed E-state index contributed by atoms with van der Waals surface area (Å²) >= 11 is 3.02. The van der Waals surface area contributed by atoms with Crippen molar-refractivity contribution in [1.82, 2.24) is 10.6 Å². The van der Waals surface area contributed by atoms with Gasteiger partial charge in [-0.25, -0.2) is 0 Å². The SMILES string of the molecule is CNC(=O)C(C)(C)CNC(=O)CBr. The van der Waals surface area contributed by atoms with Crippen LogP contribution in [0.25, 0.3) is 0 Å². The van der Waals surface area contributed by atoms with Crippen LogP contribution in [0.15, 0.2) is 0 Å². The van der Waals surface area contributed by atoms with Gasteiger partial charge in [-0.3, -0.25) is 9.59 Å². The van der Waals surface area contributed by atoms with E-state index in [-0.39, 0.29) is 17.1 Å². The lowest BCUT2D eigenvalue weighted by atomic mass is 9.92. The van der Waals surface area contributed by atoms with Gasteiger partial charge in [0.15, 0.2) is 0 Å². The van der Waals surface area contributed by atoms with Crippen molar-refractivity contribution in [2.24, 2.45) is 5.41 Å². The third-order valence-electron chi connectivity index (χ3n) is 1.69. The van der Waals surface area contributed by atoms with E-state index in [9.17, 15) is 9.59 Å². The minimum atomic E-state index is -0.563. The normalized spacial score (nSPS) is 10.8. The molecule has 0 aliphatic rings. The summed E-state index contributed by atoms with van der Waals surface area (Å²) in [5, 5.41) is 5.45. The van der Waals surface area contributed by atoms with Crippen molar-refractivity contribution in [1.29, 1.82) is 0 Å². The molecule has 0 aromatic rings. The first-order valence-electron chi connectivity index (χ1n) is 3.99. The molecule has 2 amide bonds. The highest BCUT2D eigenvalue weighted by atomic mass is 79.9. The lowest BCUT2D eigenvalue weighted by Gasteiger charge is -2.22. The second-order valence-electron chi connectivity index (χ2n) is 3.37. The number of rotatable bonds is 4. The van der Waals surface area contributed by atoms with E-state index >= 15 is 0 Å². The van der Waals surface area contributed by atoms with Crippen LogP contribution in [0.5, 0.6) is 0 Å². The molecule has 0 aliphatic heterocycles. The number of alkyl halides is 1. The van der Waals surface area contributed by atoms with Crippen LogP contribution < -0.4 is 10.6 Å². The fourth-order valence-electron chi connectivity index (χ4n) is 0.785. The topological polar surface area (TPSA) is 58.2 Å². The second kappa shape index (κ2) is 5.21. The van der Waals surface area contributed by atoms with E-state index in [0.29, 0.717) is 6.54 Å². The van der Waals surface area contributed by atoms with E-state index < -0.39 is 5.41 Å². The van der Waals surface area contributed by atoms with Crippen LogP contribution in [0, 0.1) is 5.41 Å². The average Bonchev–Trinajstić information content (AvgIpc) is 2.12. The van der Waals surface area contributed by atoms with Crippen molar-refractivity contribution in [3.8, 4) is 0 Å². The van der Waals surface area contributed by atoms with Crippen molar-refractivity contribution in [3.05, 3.63) is 0 Å². The van der Waals surface area contributed by atoms with Crippen molar-refractivity contribution < 1.29 is 9.59 Å². The Morgan fingerprint density at radius 1 is 1.38 bits per heavy atom. The zero-order valence-corrected chi connectivity index (χ0v) is 9.69. The Bertz CT molecular complexity index is 204. The summed E-state index contributed by atoms with van der Waals surface area (Å²) in [5.74, 6) is -0.195. The Morgan fingerprint density at radius 3 is 2.31 bits per heavy atom. The standard InChI is InChI=1S/C8H15BrN2O2/c1-8(2,7(13)10-3)5-11-6(12)4-9/h4-5H2,1-3H3,(H,10,13)(H,11,12). The molecular formula is C8H15BrN2O2. The van der Waals surface area contributed by atoms with Gasteiger partial charge < -0.3 is 10.6 Å². The fourth-order valence-corrected chi connectivity index (χ4v) is 0.984. The fraction of sp³-hybridized carbons (Fsp3) is 0.750. The molecular weight excluding hydrogens is 236 g/mol. The van der Waals surface area contributed by atoms with Gasteiger partial charge in [0.1, 0.15) is 0 Å². The minimum absolute atomic E-state index is 0.0811. The summed E-state index contributed by atoms with van der Waals surface area (Å²) in [6.45, 7) is 3.90. The number of hydrogen-bond donors (Lipinski definition) is 2. The van der Waals surface area contributed by atoms with Gasteiger partial charge in [0.2, 0.25) is 11.8 Å². The van der Waals surface area contributed by atoms with Crippen LogP contribution in [-0.4, -0.2) is 30.7 Å². The molecule has 0 rings (SSSR count). The minimum Gasteiger partial charge on any atom is -0.359 e. The Balaban J connectivity index is 4.03. The van der Waals surface area contributed by atoms with Gasteiger partial charge in [0.05, 0.1) is 10.7 Å². The summed E-state index contributed by atoms with van der Waals surface area (Å²) in [5.41, 5.74) is -0.563. The van der Waals surface area contributed by atoms with E-state index in [4.69, 9.17) is 0 Å². The highest BCUT2D eigenvalue weighted by Crippen LogP contribution is 2.12. The van der Waals surface area contributed by atoms with Gasteiger partial charge in [-0.2, -0.15) is 0 Å². The van der Waals surface area contributed by atoms with Crippen LogP contribution in [0.2, 0.25) is 0 Å². The summed E-state index contributed by atoms with van der Waals surface area (Å²) in [6.07, 6.45) is 0. The Hall–Kier alpha value is -0.580. The highest BCUT2D eigenvalue weighted by molar-refractivity contribution is 9.09. The molecule has 0 aromatic heterocycles. The number of amides is 2. The number of hydrogen-bond acceptors (Lipinski definition) is 2. The van der Waals surface area contributed by atoms with Crippen molar-refractivity contribution >= 4 is 27.7 Å². The number of halogens is 1. The van der Waals surface area contributed by atoms with E-state index in [1.165, 1.54) is 0 Å². The molecule has 2 N–H and O–H groups in total. The maximum atomic E-state index is 11.3. The lowest BCUT2D eigenvalue weighted by molar-refractivity contribution is -0.129. The first kappa shape index (κ1) is 12.4. The quantitative estimate of drug-likeness (QED) is 0.704. The zero-order chi connectivity index (χ0) is 10.5. The van der Waals surface area contributed by atoms with Gasteiger partial charge in [-0.05, 0) is 13.8 Å². The molecule has 0 unspecified atom stereocenters. The van der Waals surface area contributed by atoms with Gasteiger partial charge in [0, 0.05) is 13.6 Å². The summed E-state index contributed by atoms with van der Waals surface area (Å²) in [6, 6.07) is 0. The summed E-state index contributed by atoms with van der Waals surface area (Å²) in [7, 11) is 1.58. The van der Waals surface area contributed by atoms with E-state index in [2.05, 4.69) is 26.6 Å². The van der Waals surface area contributed by atoms with Crippen molar-refractivity contribution in [2.45, 2.75) is 13.8 Å². The molecule has 0 saturated heterocycles. The zero-order valence-electron chi connectivity index (χ0n) is 8.11. The second-order valence-corrected chi connectivity index (χ2v) is 3.93. The van der Waals surface area contributed by atoms with Crippen molar-refractivity contribution in [2.75, 3.05) is 18.9 Å². The molecule has 0 heterocycles. The van der Waals surface area contributed by atoms with Gasteiger partial charge >= 0.3 is 0 Å². The van der Waals surface area contributed by atoms with Gasteiger partial charge in [-0.15, -0.1) is 0 Å². The van der Waals surface area contributed by atoms with Crippen LogP contribution in [-0.2, 0) is 9.59 Å². The molecule has 0 spiro atoms. The number of nitrogens with one attached hydrogen (secondary N) is 2. The highest BCUT2D eigenvalue weighted by Gasteiger charge is 2.26. The Kier molecular flexibility index (Phi) is 4.98. The first-order valence-corrected chi connectivity index (χ1v) is 5.11. The van der Waals surface area contributed by atoms with Crippen LogP contribution in [0.1, 0.15) is 13.8 Å². The van der Waals surface area contributed by atoms with Gasteiger partial charge in [0.25, 0.3) is 0 Å². The van der Waals surface area contributed by atoms with Crippen molar-refractivity contribution in [3.63, 3.8) is 0 Å². The molecule has 0 fully saturated rings. The molecule has 0 radical (unpaired) electrons. The first-order chi connectivity index (χ1) is 5.94. The molecule has 0 aromatic carbocycles. The monoisotopic (exact) mass is 250 g/mol. The largest absolute Gasteiger partial charge is 0.359 e. The molecule has 0 atom stereocenters. The number of carbonyl (C=O) groups is 2. The van der Waals surface area contributed by atoms with E-state index in [1.54, 1.807) is 20.9 Å².